The van der Waals surface area contributed by atoms with Crippen molar-refractivity contribution in [3.05, 3.63) is 595 Å². The number of hydrogen-bond acceptors (Lipinski definition) is 3. The van der Waals surface area contributed by atoms with Crippen molar-refractivity contribution in [1.29, 1.82) is 0 Å². The number of para-hydroxylation sites is 1. The second-order valence-corrected chi connectivity index (χ2v) is 37.7. The van der Waals surface area contributed by atoms with Gasteiger partial charge in [0, 0.05) is 67.0 Å². The fourth-order valence-electron chi connectivity index (χ4n) is 22.7. The van der Waals surface area contributed by atoms with E-state index < -0.39 is 0 Å². The maximum atomic E-state index is 2.50. The van der Waals surface area contributed by atoms with Crippen LogP contribution in [0.5, 0.6) is 0 Å². The lowest BCUT2D eigenvalue weighted by Crippen LogP contribution is -2.23. The second-order valence-electron chi connectivity index (χ2n) is 37.7. The molecule has 138 heavy (non-hydrogen) atoms. The van der Waals surface area contributed by atoms with Gasteiger partial charge in [-0.25, -0.2) is 0 Å². The molecule has 0 heterocycles. The maximum Gasteiger partial charge on any atom is 0.0540 e. The molecule has 21 aromatic rings. The Balaban J connectivity index is 0.000000116. The minimum atomic E-state index is -0.278. The molecule has 0 saturated carbocycles. The molecular formula is C135H103N3. The van der Waals surface area contributed by atoms with Crippen LogP contribution in [0.4, 0.5) is 51.2 Å². The topological polar surface area (TPSA) is 9.72 Å². The van der Waals surface area contributed by atoms with Gasteiger partial charge < -0.3 is 14.7 Å². The molecule has 4 aliphatic rings. The zero-order chi connectivity index (χ0) is 92.9. The molecule has 658 valence electrons. The van der Waals surface area contributed by atoms with Gasteiger partial charge >= 0.3 is 0 Å². The summed E-state index contributed by atoms with van der Waals surface area (Å²) >= 11 is 0. The molecule has 3 nitrogen and oxygen atoms in total. The van der Waals surface area contributed by atoms with E-state index in [0.29, 0.717) is 0 Å². The van der Waals surface area contributed by atoms with E-state index >= 15 is 0 Å². The van der Waals surface area contributed by atoms with Gasteiger partial charge in [-0.2, -0.15) is 0 Å². The average molecular weight is 1770 g/mol. The highest BCUT2D eigenvalue weighted by molar-refractivity contribution is 5.97. The van der Waals surface area contributed by atoms with Crippen molar-refractivity contribution in [2.45, 2.75) is 56.3 Å². The van der Waals surface area contributed by atoms with Crippen LogP contribution in [0.3, 0.4) is 0 Å². The van der Waals surface area contributed by atoms with Gasteiger partial charge in [0.1, 0.15) is 0 Å². The van der Waals surface area contributed by atoms with Crippen molar-refractivity contribution in [2.75, 3.05) is 14.7 Å². The van der Waals surface area contributed by atoms with Gasteiger partial charge in [0.25, 0.3) is 0 Å². The standard InChI is InChI=1S/C47H37N.2C44H33N/c1-46(2)41-22-12-10-20-38(41)40-21-14-24-44(45(40)46)48(35-27-25-33(26-28-35)32-15-6-4-7-16-32)36-29-30-39-37-19-11-13-23-42(37)47(3,43(39)31-36)34-17-8-5-9-18-34;1-44(35-19-9-4-10-20-35)41-23-13-11-22-39(41)40-30-29-37(31-42(40)44)45(36-27-25-33(26-28-36)32-15-5-2-6-16-32)43-24-14-12-21-38(43)34-17-7-3-8-18-34;1-44(36-19-9-4-10-20-36)42-23-12-11-22-40(42)41-29-28-39(31-43(41)44)45(37-26-24-34(25-27-37)32-14-5-2-6-15-32)38-21-13-18-35(30-38)33-16-7-3-8-17-33/h4-31H,1-3H3;2*2-31H,1H3. The molecule has 0 saturated heterocycles. The Labute approximate surface area is 811 Å². The van der Waals surface area contributed by atoms with Crippen LogP contribution in [-0.2, 0) is 21.7 Å². The summed E-state index contributed by atoms with van der Waals surface area (Å²) in [4.78, 5) is 7.32. The molecule has 0 radical (unpaired) electrons. The zero-order valence-electron chi connectivity index (χ0n) is 78.1. The Morgan fingerprint density at radius 1 is 0.138 bits per heavy atom. The minimum absolute atomic E-state index is 0.156. The van der Waals surface area contributed by atoms with Crippen LogP contribution in [0.25, 0.3) is 100 Å². The predicted octanol–water partition coefficient (Wildman–Crippen LogP) is 36.1. The Morgan fingerprint density at radius 3 is 0.761 bits per heavy atom. The van der Waals surface area contributed by atoms with Gasteiger partial charge in [0.2, 0.25) is 0 Å². The summed E-state index contributed by atoms with van der Waals surface area (Å²) in [6, 6.07) is 194. The van der Waals surface area contributed by atoms with E-state index in [1.807, 2.05) is 0 Å². The number of anilines is 9. The first-order valence-corrected chi connectivity index (χ1v) is 48.2. The molecule has 25 rings (SSSR count). The van der Waals surface area contributed by atoms with E-state index in [1.54, 1.807) is 0 Å². The van der Waals surface area contributed by atoms with Crippen molar-refractivity contribution >= 4 is 51.2 Å². The van der Waals surface area contributed by atoms with Gasteiger partial charge in [-0.3, -0.25) is 0 Å². The smallest absolute Gasteiger partial charge is 0.0540 e. The van der Waals surface area contributed by atoms with Crippen LogP contribution < -0.4 is 14.7 Å². The molecule has 0 aromatic heterocycles. The largest absolute Gasteiger partial charge is 0.310 e. The van der Waals surface area contributed by atoms with Gasteiger partial charge in [0.05, 0.1) is 11.4 Å². The van der Waals surface area contributed by atoms with Crippen LogP contribution in [0.15, 0.2) is 534 Å². The average Bonchev–Trinajstić information content (AvgIpc) is 1.62. The fraction of sp³-hybridized carbons (Fsp3) is 0.0667. The highest BCUT2D eigenvalue weighted by Gasteiger charge is 2.46. The Kier molecular flexibility index (Phi) is 22.1. The molecule has 3 unspecified atom stereocenters. The van der Waals surface area contributed by atoms with Gasteiger partial charge in [0.15, 0.2) is 0 Å². The van der Waals surface area contributed by atoms with E-state index in [2.05, 4.69) is 583 Å². The maximum absolute atomic E-state index is 2.50. The van der Waals surface area contributed by atoms with E-state index in [9.17, 15) is 0 Å². The third-order valence-electron chi connectivity index (χ3n) is 29.7. The van der Waals surface area contributed by atoms with Crippen molar-refractivity contribution in [1.82, 2.24) is 0 Å². The first-order chi connectivity index (χ1) is 67.9. The summed E-state index contributed by atoms with van der Waals surface area (Å²) in [5.41, 5.74) is 46.7. The van der Waals surface area contributed by atoms with Crippen molar-refractivity contribution in [3.8, 4) is 100 Å². The molecule has 21 aromatic carbocycles. The van der Waals surface area contributed by atoms with Gasteiger partial charge in [-0.15, -0.1) is 0 Å². The summed E-state index contributed by atoms with van der Waals surface area (Å²) < 4.78 is 0. The quantitative estimate of drug-likeness (QED) is 0.0900. The molecule has 0 amide bonds. The summed E-state index contributed by atoms with van der Waals surface area (Å²) in [6.45, 7) is 11.9. The molecule has 0 aliphatic heterocycles. The summed E-state index contributed by atoms with van der Waals surface area (Å²) in [5, 5.41) is 0. The van der Waals surface area contributed by atoms with E-state index in [4.69, 9.17) is 0 Å². The number of hydrogen-bond donors (Lipinski definition) is 0. The third kappa shape index (κ3) is 14.9. The number of fused-ring (bicyclic) bond motifs is 12. The first-order valence-electron chi connectivity index (χ1n) is 48.2. The summed E-state index contributed by atoms with van der Waals surface area (Å²) in [5.74, 6) is 0. The fourth-order valence-corrected chi connectivity index (χ4v) is 22.7. The first kappa shape index (κ1) is 85.2. The monoisotopic (exact) mass is 1770 g/mol. The summed E-state index contributed by atoms with van der Waals surface area (Å²) in [6.07, 6.45) is 0. The third-order valence-corrected chi connectivity index (χ3v) is 29.7. The van der Waals surface area contributed by atoms with E-state index in [-0.39, 0.29) is 21.7 Å². The number of benzene rings is 21. The molecule has 0 spiro atoms. The van der Waals surface area contributed by atoms with Crippen molar-refractivity contribution in [3.63, 3.8) is 0 Å². The van der Waals surface area contributed by atoms with Crippen LogP contribution in [-0.4, -0.2) is 0 Å². The normalized spacial score (nSPS) is 15.4. The van der Waals surface area contributed by atoms with E-state index in [1.165, 1.54) is 167 Å². The lowest BCUT2D eigenvalue weighted by molar-refractivity contribution is 0.660. The molecule has 0 fully saturated rings. The predicted molar refractivity (Wildman–Crippen MR) is 580 cm³/mol. The zero-order valence-corrected chi connectivity index (χ0v) is 78.1. The van der Waals surface area contributed by atoms with Crippen LogP contribution in [0, 0.1) is 0 Å². The van der Waals surface area contributed by atoms with Gasteiger partial charge in [-0.1, -0.05) is 451 Å². The Hall–Kier alpha value is -17.0. The highest BCUT2D eigenvalue weighted by atomic mass is 15.2. The second kappa shape index (κ2) is 35.8. The lowest BCUT2D eigenvalue weighted by atomic mass is 9.74. The molecular weight excluding hydrogens is 1660 g/mol. The van der Waals surface area contributed by atoms with Crippen LogP contribution in [0.2, 0.25) is 0 Å². The van der Waals surface area contributed by atoms with Crippen LogP contribution in [0.1, 0.15) is 95.8 Å². The minimum Gasteiger partial charge on any atom is -0.310 e. The number of rotatable bonds is 17. The lowest BCUT2D eigenvalue weighted by Gasteiger charge is -2.33. The number of nitrogens with zero attached hydrogens (tertiary/aromatic N) is 3. The van der Waals surface area contributed by atoms with Gasteiger partial charge in [-0.05, 0) is 274 Å². The Morgan fingerprint density at radius 2 is 0.377 bits per heavy atom. The Bertz CT molecular complexity index is 8020. The molecule has 3 atom stereocenters. The van der Waals surface area contributed by atoms with Crippen molar-refractivity contribution in [2.24, 2.45) is 0 Å². The van der Waals surface area contributed by atoms with E-state index in [0.717, 1.165) is 45.5 Å². The SMILES string of the molecule is CC1(C)c2ccccc2-c2cccc(N(c3ccc(-c4ccccc4)cc3)c3ccc4c(c3)C(C)(c3ccccc3)c3ccccc3-4)c21.CC1(c2ccccc2)c2ccccc2-c2ccc(N(c3ccc(-c4ccccc4)cc3)c3cccc(-c4ccccc4)c3)cc21.CC1(c2ccccc2)c2ccccc2-c2ccc(N(c3ccc(-c4ccccc4)cc3)c3ccccc3-c3ccccc3)cc21. The summed E-state index contributed by atoms with van der Waals surface area (Å²) in [7, 11) is 0. The van der Waals surface area contributed by atoms with Crippen molar-refractivity contribution < 1.29 is 0 Å². The van der Waals surface area contributed by atoms with Crippen LogP contribution >= 0.6 is 0 Å². The molecule has 3 heteroatoms. The molecule has 0 bridgehead atoms. The molecule has 0 N–H and O–H groups in total. The highest BCUT2D eigenvalue weighted by Crippen LogP contribution is 2.60. The molecule has 4 aliphatic carbocycles.